The molecule has 14 heteroatoms. The summed E-state index contributed by atoms with van der Waals surface area (Å²) in [6.07, 6.45) is 20.0. The summed E-state index contributed by atoms with van der Waals surface area (Å²) < 4.78 is 22.9. The Morgan fingerprint density at radius 2 is 1.00 bits per heavy atom. The van der Waals surface area contributed by atoms with Crippen LogP contribution in [0.1, 0.15) is 194 Å². The first-order chi connectivity index (χ1) is 27.3. The highest BCUT2D eigenvalue weighted by atomic mass is 31.2. The maximum Gasteiger partial charge on any atom is 0.472 e. The molecule has 0 radical (unpaired) electrons. The van der Waals surface area contributed by atoms with Crippen LogP contribution in [0.4, 0.5) is 0 Å². The summed E-state index contributed by atoms with van der Waals surface area (Å²) in [6, 6.07) is -1.16. The Labute approximate surface area is 344 Å². The van der Waals surface area contributed by atoms with Crippen LogP contribution in [0.15, 0.2) is 12.2 Å². The lowest BCUT2D eigenvalue weighted by Crippen LogP contribution is -2.64. The lowest BCUT2D eigenvalue weighted by atomic mass is 9.85. The zero-order valence-electron chi connectivity index (χ0n) is 35.5. The van der Waals surface area contributed by atoms with Gasteiger partial charge in [0.15, 0.2) is 0 Å². The zero-order valence-corrected chi connectivity index (χ0v) is 36.4. The number of hydrogen-bond acceptors (Lipinski definition) is 11. The smallest absolute Gasteiger partial charge is 0.393 e. The van der Waals surface area contributed by atoms with E-state index in [1.807, 2.05) is 0 Å². The van der Waals surface area contributed by atoms with Crippen molar-refractivity contribution in [1.29, 1.82) is 0 Å². The molecular formula is C43H84NO12P. The molecule has 1 rings (SSSR count). The van der Waals surface area contributed by atoms with E-state index in [4.69, 9.17) is 9.05 Å². The van der Waals surface area contributed by atoms with Crippen molar-refractivity contribution in [2.24, 2.45) is 0 Å². The van der Waals surface area contributed by atoms with Gasteiger partial charge in [0.1, 0.15) is 36.6 Å². The van der Waals surface area contributed by atoms with Crippen LogP contribution in [-0.4, -0.2) is 108 Å². The van der Waals surface area contributed by atoms with E-state index < -0.39 is 75.2 Å². The maximum absolute atomic E-state index is 12.9. The number of unbranched alkanes of at least 4 members (excludes halogenated alkanes) is 22. The van der Waals surface area contributed by atoms with Gasteiger partial charge >= 0.3 is 7.82 Å². The number of phosphoric acid groups is 1. The van der Waals surface area contributed by atoms with Crippen molar-refractivity contribution in [3.63, 3.8) is 0 Å². The predicted molar refractivity (Wildman–Crippen MR) is 224 cm³/mol. The Morgan fingerprint density at radius 3 is 1.47 bits per heavy atom. The molecule has 1 saturated carbocycles. The summed E-state index contributed by atoms with van der Waals surface area (Å²) in [4.78, 5) is 23.3. The molecule has 0 saturated heterocycles. The number of aliphatic hydroxyl groups is 7. The fourth-order valence-electron chi connectivity index (χ4n) is 7.34. The molecule has 0 aromatic carbocycles. The molecule has 1 aliphatic carbocycles. The van der Waals surface area contributed by atoms with Gasteiger partial charge in [0.25, 0.3) is 0 Å². The quantitative estimate of drug-likeness (QED) is 0.0175. The number of phosphoric ester groups is 1. The minimum atomic E-state index is -5.11. The van der Waals surface area contributed by atoms with Gasteiger partial charge in [0, 0.05) is 0 Å². The Morgan fingerprint density at radius 1 is 0.596 bits per heavy atom. The van der Waals surface area contributed by atoms with Crippen molar-refractivity contribution in [3.8, 4) is 0 Å². The molecule has 0 spiro atoms. The molecule has 0 aliphatic heterocycles. The average Bonchev–Trinajstić information content (AvgIpc) is 3.18. The summed E-state index contributed by atoms with van der Waals surface area (Å²) in [7, 11) is -5.11. The van der Waals surface area contributed by atoms with Gasteiger partial charge in [-0.15, -0.1) is 0 Å². The summed E-state index contributed by atoms with van der Waals surface area (Å²) in [5.41, 5.74) is 0. The molecule has 9 N–H and O–H groups in total. The van der Waals surface area contributed by atoms with E-state index in [1.54, 1.807) is 0 Å². The van der Waals surface area contributed by atoms with Crippen LogP contribution in [0.3, 0.4) is 0 Å². The van der Waals surface area contributed by atoms with Crippen LogP contribution in [0.2, 0.25) is 0 Å². The molecule has 1 fully saturated rings. The third-order valence-corrected chi connectivity index (χ3v) is 12.1. The minimum Gasteiger partial charge on any atom is -0.393 e. The lowest BCUT2D eigenvalue weighted by molar-refractivity contribution is -0.220. The number of allylic oxidation sites excluding steroid dienone is 2. The standard InChI is InChI=1S/C43H84NO12P/c1-3-5-7-9-11-13-14-15-16-17-18-19-20-21-22-23-25-27-29-31-36(46)35(44-37(47)32-34(45)30-28-26-24-12-10-8-6-4-2)33-55-57(53,54)56-43-41(51)39(49)38(48)40(50)42(43)52/h10,12,34-36,38-43,45-46,48-52H,3-9,11,13-33H2,1-2H3,(H,44,47)(H,53,54)/b12-10-. The average molecular weight is 838 g/mol. The van der Waals surface area contributed by atoms with Crippen molar-refractivity contribution in [3.05, 3.63) is 12.2 Å². The second kappa shape index (κ2) is 33.7. The Bertz CT molecular complexity index is 1040. The van der Waals surface area contributed by atoms with E-state index >= 15 is 0 Å². The summed E-state index contributed by atoms with van der Waals surface area (Å²) in [6.45, 7) is 3.71. The fourth-order valence-corrected chi connectivity index (χ4v) is 8.31. The van der Waals surface area contributed by atoms with Crippen molar-refractivity contribution in [1.82, 2.24) is 5.32 Å². The Kier molecular flexibility index (Phi) is 32.0. The molecule has 1 amide bonds. The van der Waals surface area contributed by atoms with E-state index in [1.165, 1.54) is 89.9 Å². The summed E-state index contributed by atoms with van der Waals surface area (Å²) in [5.74, 6) is -0.574. The molecule has 338 valence electrons. The van der Waals surface area contributed by atoms with Crippen LogP contribution < -0.4 is 5.32 Å². The fraction of sp³-hybridized carbons (Fsp3) is 0.930. The van der Waals surface area contributed by atoms with Crippen molar-refractivity contribution >= 4 is 13.7 Å². The van der Waals surface area contributed by atoms with Crippen LogP contribution in [0, 0.1) is 0 Å². The highest BCUT2D eigenvalue weighted by Crippen LogP contribution is 2.47. The van der Waals surface area contributed by atoms with Gasteiger partial charge in [-0.2, -0.15) is 0 Å². The highest BCUT2D eigenvalue weighted by molar-refractivity contribution is 7.47. The molecule has 57 heavy (non-hydrogen) atoms. The van der Waals surface area contributed by atoms with E-state index in [0.717, 1.165) is 64.2 Å². The van der Waals surface area contributed by atoms with Crippen LogP contribution in [-0.2, 0) is 18.4 Å². The second-order valence-corrected chi connectivity index (χ2v) is 17.8. The Balaban J connectivity index is 2.49. The largest absolute Gasteiger partial charge is 0.472 e. The third-order valence-electron chi connectivity index (χ3n) is 11.1. The molecule has 0 heterocycles. The number of carbonyl (C=O) groups excluding carboxylic acids is 1. The minimum absolute atomic E-state index is 0.235. The molecular weight excluding hydrogens is 753 g/mol. The van der Waals surface area contributed by atoms with Crippen LogP contribution in [0.5, 0.6) is 0 Å². The highest BCUT2D eigenvalue weighted by Gasteiger charge is 2.51. The van der Waals surface area contributed by atoms with Crippen LogP contribution >= 0.6 is 7.82 Å². The lowest BCUT2D eigenvalue weighted by Gasteiger charge is -2.41. The first kappa shape index (κ1) is 54.1. The molecule has 8 atom stereocenters. The van der Waals surface area contributed by atoms with E-state index in [-0.39, 0.29) is 12.8 Å². The normalized spacial score (nSPS) is 24.0. The van der Waals surface area contributed by atoms with E-state index in [0.29, 0.717) is 12.8 Å². The molecule has 0 aromatic heterocycles. The molecule has 0 bridgehead atoms. The van der Waals surface area contributed by atoms with Crippen LogP contribution in [0.25, 0.3) is 0 Å². The summed E-state index contributed by atoms with van der Waals surface area (Å²) >= 11 is 0. The van der Waals surface area contributed by atoms with Gasteiger partial charge in [-0.1, -0.05) is 167 Å². The number of hydrogen-bond donors (Lipinski definition) is 9. The number of nitrogens with one attached hydrogen (secondary N) is 1. The molecule has 0 aromatic rings. The number of rotatable bonds is 37. The number of carbonyl (C=O) groups is 1. The van der Waals surface area contributed by atoms with Crippen molar-refractivity contribution < 1.29 is 59.0 Å². The molecule has 1 aliphatic rings. The maximum atomic E-state index is 12.9. The number of amides is 1. The van der Waals surface area contributed by atoms with Gasteiger partial charge in [0.2, 0.25) is 5.91 Å². The predicted octanol–water partition coefficient (Wildman–Crippen LogP) is 7.03. The first-order valence-electron chi connectivity index (χ1n) is 22.7. The van der Waals surface area contributed by atoms with Crippen molar-refractivity contribution in [2.45, 2.75) is 249 Å². The van der Waals surface area contributed by atoms with Gasteiger partial charge in [0.05, 0.1) is 31.3 Å². The monoisotopic (exact) mass is 838 g/mol. The second-order valence-electron chi connectivity index (χ2n) is 16.4. The van der Waals surface area contributed by atoms with Gasteiger partial charge in [-0.25, -0.2) is 4.57 Å². The zero-order chi connectivity index (χ0) is 42.3. The first-order valence-corrected chi connectivity index (χ1v) is 24.2. The third kappa shape index (κ3) is 26.1. The Hall–Kier alpha value is -0.960. The number of aliphatic hydroxyl groups excluding tert-OH is 7. The van der Waals surface area contributed by atoms with Gasteiger partial charge in [-0.3, -0.25) is 13.8 Å². The summed E-state index contributed by atoms with van der Waals surface area (Å²) in [5, 5.41) is 74.4. The van der Waals surface area contributed by atoms with Crippen molar-refractivity contribution in [2.75, 3.05) is 6.61 Å². The SMILES string of the molecule is CCCC/C=C\CCCCC(O)CC(=O)NC(COP(=O)(O)OC1C(O)C(O)C(O)C(O)C1O)C(O)CCCCCCCCCCCCCCCCCCCCC. The molecule has 13 nitrogen and oxygen atoms in total. The molecule has 8 unspecified atom stereocenters. The van der Waals surface area contributed by atoms with Gasteiger partial charge < -0.3 is 46.0 Å². The van der Waals surface area contributed by atoms with Gasteiger partial charge in [-0.05, 0) is 32.1 Å². The topological polar surface area (TPSA) is 226 Å². The van der Waals surface area contributed by atoms with E-state index in [2.05, 4.69) is 31.3 Å². The van der Waals surface area contributed by atoms with E-state index in [9.17, 15) is 50.0 Å².